The zero-order valence-electron chi connectivity index (χ0n) is 17.9. The highest BCUT2D eigenvalue weighted by molar-refractivity contribution is 6.44. The van der Waals surface area contributed by atoms with E-state index in [9.17, 15) is 14.4 Å². The molecule has 4 amide bonds. The number of amides is 4. The van der Waals surface area contributed by atoms with E-state index in [1.54, 1.807) is 14.2 Å². The van der Waals surface area contributed by atoms with Crippen LogP contribution in [0.2, 0.25) is 0 Å². The molecule has 3 aliphatic rings. The zero-order valence-corrected chi connectivity index (χ0v) is 17.9. The minimum absolute atomic E-state index is 0.165. The molecule has 1 unspecified atom stereocenters. The topological polar surface area (TPSA) is 80.6 Å². The van der Waals surface area contributed by atoms with Crippen molar-refractivity contribution in [2.24, 2.45) is 5.92 Å². The molecule has 8 heteroatoms. The van der Waals surface area contributed by atoms with Crippen molar-refractivity contribution >= 4 is 17.8 Å². The maximum absolute atomic E-state index is 13.0. The SMILES string of the molecule is COc1cc2c(cc1OC)C[NH+](CN1C(=O)C(=O)N([C@@H]3CCCC[C@H]3C)C1=O)CC2. The van der Waals surface area contributed by atoms with Crippen molar-refractivity contribution in [3.8, 4) is 11.5 Å². The summed E-state index contributed by atoms with van der Waals surface area (Å²) >= 11 is 0. The summed E-state index contributed by atoms with van der Waals surface area (Å²) in [4.78, 5) is 41.8. The van der Waals surface area contributed by atoms with Crippen molar-refractivity contribution in [3.63, 3.8) is 0 Å². The summed E-state index contributed by atoms with van der Waals surface area (Å²) in [6.07, 6.45) is 4.66. The average Bonchev–Trinajstić information content (AvgIpc) is 2.96. The summed E-state index contributed by atoms with van der Waals surface area (Å²) in [6.45, 7) is 3.69. The molecule has 1 saturated carbocycles. The van der Waals surface area contributed by atoms with Crippen LogP contribution in [0, 0.1) is 5.92 Å². The molecule has 0 radical (unpaired) electrons. The van der Waals surface area contributed by atoms with Gasteiger partial charge in [-0.2, -0.15) is 0 Å². The van der Waals surface area contributed by atoms with Gasteiger partial charge in [-0.3, -0.25) is 14.5 Å². The number of rotatable bonds is 5. The number of carbonyl (C=O) groups is 3. The number of quaternary nitrogens is 1. The van der Waals surface area contributed by atoms with Crippen molar-refractivity contribution in [3.05, 3.63) is 23.3 Å². The van der Waals surface area contributed by atoms with Crippen molar-refractivity contribution in [2.45, 2.75) is 51.6 Å². The third kappa shape index (κ3) is 3.53. The van der Waals surface area contributed by atoms with Gasteiger partial charge in [0.05, 0.1) is 20.8 Å². The molecule has 2 heterocycles. The van der Waals surface area contributed by atoms with Gasteiger partial charge >= 0.3 is 17.8 Å². The van der Waals surface area contributed by atoms with E-state index in [1.165, 1.54) is 10.5 Å². The smallest absolute Gasteiger partial charge is 0.338 e. The van der Waals surface area contributed by atoms with Crippen molar-refractivity contribution in [1.82, 2.24) is 9.80 Å². The maximum atomic E-state index is 13.0. The lowest BCUT2D eigenvalue weighted by Gasteiger charge is -2.34. The molecule has 4 rings (SSSR count). The number of nitrogens with one attached hydrogen (secondary N) is 1. The molecule has 8 nitrogen and oxygen atoms in total. The molecule has 1 N–H and O–H groups in total. The number of nitrogens with zero attached hydrogens (tertiary/aromatic N) is 2. The fraction of sp³-hybridized carbons (Fsp3) is 0.591. The first-order valence-electron chi connectivity index (χ1n) is 10.7. The molecule has 2 aliphatic heterocycles. The molecule has 0 spiro atoms. The summed E-state index contributed by atoms with van der Waals surface area (Å²) in [5.41, 5.74) is 2.29. The summed E-state index contributed by atoms with van der Waals surface area (Å²) in [5, 5.41) is 0. The van der Waals surface area contributed by atoms with Gasteiger partial charge in [0.2, 0.25) is 0 Å². The van der Waals surface area contributed by atoms with Crippen molar-refractivity contribution in [1.29, 1.82) is 0 Å². The van der Waals surface area contributed by atoms with Gasteiger partial charge in [0, 0.05) is 18.0 Å². The van der Waals surface area contributed by atoms with E-state index >= 15 is 0 Å². The van der Waals surface area contributed by atoms with E-state index in [4.69, 9.17) is 9.47 Å². The van der Waals surface area contributed by atoms with Crippen molar-refractivity contribution < 1.29 is 28.8 Å². The average molecular weight is 416 g/mol. The van der Waals surface area contributed by atoms with E-state index in [2.05, 4.69) is 6.92 Å². The maximum Gasteiger partial charge on any atom is 0.338 e. The summed E-state index contributed by atoms with van der Waals surface area (Å²) in [5.74, 6) is 0.243. The normalized spacial score (nSPS) is 26.8. The molecule has 1 saturated heterocycles. The number of carbonyl (C=O) groups excluding carboxylic acids is 3. The highest BCUT2D eigenvalue weighted by atomic mass is 16.5. The largest absolute Gasteiger partial charge is 0.493 e. The minimum Gasteiger partial charge on any atom is -0.493 e. The summed E-state index contributed by atoms with van der Waals surface area (Å²) in [7, 11) is 3.22. The Hall–Kier alpha value is -2.61. The Balaban J connectivity index is 1.49. The molecule has 1 aromatic carbocycles. The van der Waals surface area contributed by atoms with Crippen LogP contribution >= 0.6 is 0 Å². The molecule has 162 valence electrons. The van der Waals surface area contributed by atoms with E-state index < -0.39 is 17.8 Å². The quantitative estimate of drug-likeness (QED) is 0.572. The lowest BCUT2D eigenvalue weighted by Crippen LogP contribution is -3.13. The third-order valence-electron chi connectivity index (χ3n) is 6.76. The van der Waals surface area contributed by atoms with Crippen LogP contribution in [0.1, 0.15) is 43.7 Å². The second-order valence-electron chi connectivity index (χ2n) is 8.58. The van der Waals surface area contributed by atoms with Crippen LogP contribution < -0.4 is 14.4 Å². The van der Waals surface area contributed by atoms with Crippen LogP contribution in [0.3, 0.4) is 0 Å². The minimum atomic E-state index is -0.691. The number of benzene rings is 1. The Morgan fingerprint density at radius 2 is 1.67 bits per heavy atom. The number of imide groups is 2. The molecule has 0 aromatic heterocycles. The monoisotopic (exact) mass is 416 g/mol. The first-order valence-corrected chi connectivity index (χ1v) is 10.7. The molecule has 1 aromatic rings. The van der Waals surface area contributed by atoms with Crippen molar-refractivity contribution in [2.75, 3.05) is 27.4 Å². The Labute approximate surface area is 176 Å². The van der Waals surface area contributed by atoms with E-state index in [1.807, 2.05) is 12.1 Å². The molecule has 0 bridgehead atoms. The van der Waals surface area contributed by atoms with Crippen LogP contribution in [0.15, 0.2) is 12.1 Å². The Morgan fingerprint density at radius 1 is 1.00 bits per heavy atom. The molecule has 1 aliphatic carbocycles. The zero-order chi connectivity index (χ0) is 21.4. The molecule has 3 atom stereocenters. The lowest BCUT2D eigenvalue weighted by molar-refractivity contribution is -0.923. The van der Waals surface area contributed by atoms with Crippen LogP contribution in [0.4, 0.5) is 4.79 Å². The third-order valence-corrected chi connectivity index (χ3v) is 6.76. The number of methoxy groups -OCH3 is 2. The number of urea groups is 1. The van der Waals surface area contributed by atoms with Gasteiger partial charge in [-0.1, -0.05) is 19.8 Å². The fourth-order valence-corrected chi connectivity index (χ4v) is 5.02. The number of hydrogen-bond acceptors (Lipinski definition) is 5. The van der Waals surface area contributed by atoms with Gasteiger partial charge in [-0.05, 0) is 36.5 Å². The number of fused-ring (bicyclic) bond motifs is 1. The molecule has 30 heavy (non-hydrogen) atoms. The first-order chi connectivity index (χ1) is 14.4. The van der Waals surface area contributed by atoms with Gasteiger partial charge in [-0.25, -0.2) is 9.69 Å². The van der Waals surface area contributed by atoms with E-state index in [-0.39, 0.29) is 18.6 Å². The number of ether oxygens (including phenoxy) is 2. The van der Waals surface area contributed by atoms with Crippen LogP contribution in [-0.4, -0.2) is 61.1 Å². The van der Waals surface area contributed by atoms with E-state index in [0.29, 0.717) is 18.0 Å². The standard InChI is InChI=1S/C22H29N3O5/c1-14-6-4-5-7-17(14)25-21(27)20(26)24(22(25)28)13-23-9-8-15-10-18(29-2)19(30-3)11-16(15)12-23/h10-11,14,17H,4-9,12-13H2,1-3H3/p+1/t14-,17-/m1/s1. The Morgan fingerprint density at radius 3 is 2.33 bits per heavy atom. The summed E-state index contributed by atoms with van der Waals surface area (Å²) < 4.78 is 10.8. The molecular weight excluding hydrogens is 386 g/mol. The Kier molecular flexibility index (Phi) is 5.69. The second kappa shape index (κ2) is 8.26. The van der Waals surface area contributed by atoms with E-state index in [0.717, 1.165) is 54.0 Å². The van der Waals surface area contributed by atoms with Gasteiger partial charge in [0.25, 0.3) is 0 Å². The highest BCUT2D eigenvalue weighted by Gasteiger charge is 2.50. The van der Waals surface area contributed by atoms with Gasteiger partial charge in [0.15, 0.2) is 18.2 Å². The summed E-state index contributed by atoms with van der Waals surface area (Å²) in [6, 6.07) is 3.34. The lowest BCUT2D eigenvalue weighted by atomic mass is 9.85. The van der Waals surface area contributed by atoms with Gasteiger partial charge in [-0.15, -0.1) is 0 Å². The van der Waals surface area contributed by atoms with Gasteiger partial charge in [0.1, 0.15) is 6.54 Å². The number of hydrogen-bond donors (Lipinski definition) is 1. The van der Waals surface area contributed by atoms with Crippen LogP contribution in [0.5, 0.6) is 11.5 Å². The molecule has 2 fully saturated rings. The van der Waals surface area contributed by atoms with Gasteiger partial charge < -0.3 is 14.4 Å². The predicted molar refractivity (Wildman–Crippen MR) is 108 cm³/mol. The first kappa shape index (κ1) is 20.7. The second-order valence-corrected chi connectivity index (χ2v) is 8.58. The Bertz CT molecular complexity index is 871. The fourth-order valence-electron chi connectivity index (χ4n) is 5.02. The predicted octanol–water partition coefficient (Wildman–Crippen LogP) is 0.972. The van der Waals surface area contributed by atoms with Crippen LogP contribution in [0.25, 0.3) is 0 Å². The van der Waals surface area contributed by atoms with Crippen LogP contribution in [-0.2, 0) is 22.6 Å². The highest BCUT2D eigenvalue weighted by Crippen LogP contribution is 2.32. The molecular formula is C22H30N3O5+.